The number of carbonyl (C=O) groups excluding carboxylic acids is 2. The SMILES string of the molecule is CN(CC(=O)NCC(C)(C)C(=O)O)C(=O)c1ccc(Br)s1. The van der Waals surface area contributed by atoms with Gasteiger partial charge in [-0.3, -0.25) is 14.4 Å². The summed E-state index contributed by atoms with van der Waals surface area (Å²) in [6.45, 7) is 2.93. The Morgan fingerprint density at radius 1 is 1.38 bits per heavy atom. The third-order valence-electron chi connectivity index (χ3n) is 2.82. The number of nitrogens with one attached hydrogen (secondary N) is 1. The summed E-state index contributed by atoms with van der Waals surface area (Å²) in [7, 11) is 1.53. The minimum atomic E-state index is -1.04. The monoisotopic (exact) mass is 376 g/mol. The van der Waals surface area contributed by atoms with E-state index in [9.17, 15) is 14.4 Å². The molecule has 8 heteroatoms. The van der Waals surface area contributed by atoms with Crippen molar-refractivity contribution in [2.24, 2.45) is 5.41 Å². The molecule has 1 aromatic heterocycles. The fourth-order valence-electron chi connectivity index (χ4n) is 1.36. The van der Waals surface area contributed by atoms with E-state index in [2.05, 4.69) is 21.2 Å². The van der Waals surface area contributed by atoms with Gasteiger partial charge in [-0.15, -0.1) is 11.3 Å². The number of aliphatic carboxylic acids is 1. The molecule has 0 aliphatic heterocycles. The summed E-state index contributed by atoms with van der Waals surface area (Å²) in [5.74, 6) is -1.63. The van der Waals surface area contributed by atoms with E-state index in [1.807, 2.05) is 0 Å². The maximum atomic E-state index is 12.0. The Labute approximate surface area is 135 Å². The van der Waals surface area contributed by atoms with Gasteiger partial charge >= 0.3 is 5.97 Å². The van der Waals surface area contributed by atoms with Crippen molar-refractivity contribution in [1.82, 2.24) is 10.2 Å². The molecule has 0 aliphatic carbocycles. The zero-order chi connectivity index (χ0) is 16.2. The molecule has 0 radical (unpaired) electrons. The highest BCUT2D eigenvalue weighted by atomic mass is 79.9. The summed E-state index contributed by atoms with van der Waals surface area (Å²) >= 11 is 4.56. The smallest absolute Gasteiger partial charge is 0.310 e. The van der Waals surface area contributed by atoms with Crippen molar-refractivity contribution < 1.29 is 19.5 Å². The lowest BCUT2D eigenvalue weighted by molar-refractivity contribution is -0.146. The normalized spacial score (nSPS) is 11.0. The first-order chi connectivity index (χ1) is 9.63. The third-order valence-corrected chi connectivity index (χ3v) is 4.43. The number of halogens is 1. The molecule has 0 bridgehead atoms. The molecule has 2 amide bonds. The molecule has 1 rings (SSSR count). The fourth-order valence-corrected chi connectivity index (χ4v) is 2.74. The largest absolute Gasteiger partial charge is 0.481 e. The predicted octanol–water partition coefficient (Wildman–Crippen LogP) is 1.81. The molecule has 2 N–H and O–H groups in total. The lowest BCUT2D eigenvalue weighted by Gasteiger charge is -2.21. The second-order valence-corrected chi connectivity index (χ2v) is 7.69. The number of hydrogen-bond acceptors (Lipinski definition) is 4. The summed E-state index contributed by atoms with van der Waals surface area (Å²) in [5, 5.41) is 11.5. The number of nitrogens with zero attached hydrogens (tertiary/aromatic N) is 1. The second kappa shape index (κ2) is 7.04. The van der Waals surface area contributed by atoms with E-state index in [1.165, 1.54) is 37.1 Å². The van der Waals surface area contributed by atoms with Crippen LogP contribution in [-0.2, 0) is 9.59 Å². The molecule has 0 aliphatic rings. The van der Waals surface area contributed by atoms with Crippen LogP contribution in [0.1, 0.15) is 23.5 Å². The Hall–Kier alpha value is -1.41. The highest BCUT2D eigenvalue weighted by molar-refractivity contribution is 9.11. The summed E-state index contributed by atoms with van der Waals surface area (Å²) in [6.07, 6.45) is 0. The maximum absolute atomic E-state index is 12.0. The minimum Gasteiger partial charge on any atom is -0.481 e. The van der Waals surface area contributed by atoms with Crippen LogP contribution in [0.2, 0.25) is 0 Å². The van der Waals surface area contributed by atoms with Crippen molar-refractivity contribution >= 4 is 45.1 Å². The number of carboxylic acids is 1. The zero-order valence-electron chi connectivity index (χ0n) is 12.0. The topological polar surface area (TPSA) is 86.7 Å². The van der Waals surface area contributed by atoms with Crippen LogP contribution in [-0.4, -0.2) is 47.9 Å². The van der Waals surface area contributed by atoms with Gasteiger partial charge in [0.05, 0.1) is 20.6 Å². The maximum Gasteiger partial charge on any atom is 0.310 e. The van der Waals surface area contributed by atoms with Crippen molar-refractivity contribution in [1.29, 1.82) is 0 Å². The summed E-state index contributed by atoms with van der Waals surface area (Å²) in [4.78, 5) is 36.6. The Morgan fingerprint density at radius 2 is 2.00 bits per heavy atom. The average molecular weight is 377 g/mol. The number of carbonyl (C=O) groups is 3. The molecule has 0 unspecified atom stereocenters. The van der Waals surface area contributed by atoms with Gasteiger partial charge in [0.15, 0.2) is 0 Å². The lowest BCUT2D eigenvalue weighted by Crippen LogP contribution is -2.43. The van der Waals surface area contributed by atoms with Gasteiger partial charge in [-0.2, -0.15) is 0 Å². The average Bonchev–Trinajstić information content (AvgIpc) is 2.82. The van der Waals surface area contributed by atoms with Crippen molar-refractivity contribution in [2.75, 3.05) is 20.1 Å². The summed E-state index contributed by atoms with van der Waals surface area (Å²) in [5.41, 5.74) is -1.04. The summed E-state index contributed by atoms with van der Waals surface area (Å²) in [6, 6.07) is 3.44. The van der Waals surface area contributed by atoms with Crippen LogP contribution in [0, 0.1) is 5.41 Å². The van der Waals surface area contributed by atoms with E-state index in [-0.39, 0.29) is 19.0 Å². The second-order valence-electron chi connectivity index (χ2n) is 5.23. The molecule has 0 fully saturated rings. The molecule has 1 heterocycles. The molecule has 116 valence electrons. The number of thiophene rings is 1. The third kappa shape index (κ3) is 5.13. The van der Waals surface area contributed by atoms with Gasteiger partial charge in [0, 0.05) is 13.6 Å². The van der Waals surface area contributed by atoms with Crippen LogP contribution in [0.4, 0.5) is 0 Å². The first kappa shape index (κ1) is 17.6. The van der Waals surface area contributed by atoms with E-state index in [0.717, 1.165) is 3.79 Å². The zero-order valence-corrected chi connectivity index (χ0v) is 14.4. The minimum absolute atomic E-state index is 0.00769. The van der Waals surface area contributed by atoms with E-state index in [0.29, 0.717) is 4.88 Å². The van der Waals surface area contributed by atoms with Crippen molar-refractivity contribution in [3.63, 3.8) is 0 Å². The Kier molecular flexibility index (Phi) is 5.91. The van der Waals surface area contributed by atoms with Crippen molar-refractivity contribution in [3.05, 3.63) is 20.8 Å². The standard InChI is InChI=1S/C13H17BrN2O4S/c1-13(2,12(19)20)7-15-10(17)6-16(3)11(18)8-4-5-9(14)21-8/h4-5H,6-7H2,1-3H3,(H,15,17)(H,19,20). The van der Waals surface area contributed by atoms with Crippen LogP contribution in [0.25, 0.3) is 0 Å². The Bertz CT molecular complexity index is 556. The van der Waals surface area contributed by atoms with Crippen molar-refractivity contribution in [3.8, 4) is 0 Å². The van der Waals surface area contributed by atoms with Gasteiger partial charge in [-0.1, -0.05) is 0 Å². The van der Waals surface area contributed by atoms with Gasteiger partial charge in [0.2, 0.25) is 5.91 Å². The lowest BCUT2D eigenvalue weighted by atomic mass is 9.94. The molecule has 0 aromatic carbocycles. The fraction of sp³-hybridized carbons (Fsp3) is 0.462. The molecule has 0 atom stereocenters. The molecule has 6 nitrogen and oxygen atoms in total. The molecular formula is C13H17BrN2O4S. The van der Waals surface area contributed by atoms with E-state index >= 15 is 0 Å². The number of amides is 2. The molecule has 0 saturated carbocycles. The Morgan fingerprint density at radius 3 is 2.48 bits per heavy atom. The molecule has 0 saturated heterocycles. The van der Waals surface area contributed by atoms with Crippen LogP contribution < -0.4 is 5.32 Å². The van der Waals surface area contributed by atoms with Crippen molar-refractivity contribution in [2.45, 2.75) is 13.8 Å². The molecule has 0 spiro atoms. The molecular weight excluding hydrogens is 360 g/mol. The molecule has 21 heavy (non-hydrogen) atoms. The highest BCUT2D eigenvalue weighted by Crippen LogP contribution is 2.23. The number of likely N-dealkylation sites (N-methyl/N-ethyl adjacent to an activating group) is 1. The first-order valence-corrected chi connectivity index (χ1v) is 7.75. The van der Waals surface area contributed by atoms with Gasteiger partial charge in [-0.25, -0.2) is 0 Å². The number of carboxylic acid groups (broad SMARTS) is 1. The summed E-state index contributed by atoms with van der Waals surface area (Å²) < 4.78 is 0.840. The molecule has 1 aromatic rings. The van der Waals surface area contributed by atoms with Gasteiger partial charge in [0.25, 0.3) is 5.91 Å². The van der Waals surface area contributed by atoms with Crippen LogP contribution in [0.15, 0.2) is 15.9 Å². The highest BCUT2D eigenvalue weighted by Gasteiger charge is 2.28. The Balaban J connectivity index is 2.51. The number of hydrogen-bond donors (Lipinski definition) is 2. The van der Waals surface area contributed by atoms with E-state index in [1.54, 1.807) is 12.1 Å². The van der Waals surface area contributed by atoms with E-state index < -0.39 is 17.3 Å². The van der Waals surface area contributed by atoms with Crippen LogP contribution in [0.3, 0.4) is 0 Å². The van der Waals surface area contributed by atoms with E-state index in [4.69, 9.17) is 5.11 Å². The van der Waals surface area contributed by atoms with Gasteiger partial charge in [0.1, 0.15) is 0 Å². The van der Waals surface area contributed by atoms with Crippen LogP contribution in [0.5, 0.6) is 0 Å². The number of rotatable bonds is 6. The van der Waals surface area contributed by atoms with Gasteiger partial charge in [-0.05, 0) is 41.9 Å². The van der Waals surface area contributed by atoms with Crippen LogP contribution >= 0.6 is 27.3 Å². The first-order valence-electron chi connectivity index (χ1n) is 6.14. The quantitative estimate of drug-likeness (QED) is 0.792. The predicted molar refractivity (Wildman–Crippen MR) is 83.4 cm³/mol. The van der Waals surface area contributed by atoms with Gasteiger partial charge < -0.3 is 15.3 Å².